The predicted molar refractivity (Wildman–Crippen MR) is 69.9 cm³/mol. The monoisotopic (exact) mass is 256 g/mol. The Bertz CT molecular complexity index is 288. The number of likely N-dealkylation sites (N-methyl/N-ethyl adjacent to an activating group) is 1. The number of hydrogen-bond donors (Lipinski definition) is 2. The maximum absolute atomic E-state index is 11.9. The van der Waals surface area contributed by atoms with Crippen LogP contribution < -0.4 is 11.1 Å². The van der Waals surface area contributed by atoms with Gasteiger partial charge in [0, 0.05) is 45.2 Å². The molecule has 1 atom stereocenters. The quantitative estimate of drug-likeness (QED) is 0.652. The summed E-state index contributed by atoms with van der Waals surface area (Å²) in [5, 5.41) is 2.78. The Balaban J connectivity index is 2.32. The number of nitrogens with zero attached hydrogens (tertiary/aromatic N) is 2. The SMILES string of the molecule is CCNC(=O)CN1CCN(C(=O)C(C)CN)CC1. The van der Waals surface area contributed by atoms with E-state index < -0.39 is 0 Å². The largest absolute Gasteiger partial charge is 0.355 e. The molecule has 104 valence electrons. The fourth-order valence-electron chi connectivity index (χ4n) is 2.00. The Morgan fingerprint density at radius 2 is 1.89 bits per heavy atom. The average molecular weight is 256 g/mol. The van der Waals surface area contributed by atoms with E-state index in [4.69, 9.17) is 5.73 Å². The second-order valence-electron chi connectivity index (χ2n) is 4.69. The minimum absolute atomic E-state index is 0.0487. The minimum Gasteiger partial charge on any atom is -0.355 e. The summed E-state index contributed by atoms with van der Waals surface area (Å²) in [6.45, 7) is 8.09. The van der Waals surface area contributed by atoms with Gasteiger partial charge in [0.15, 0.2) is 0 Å². The smallest absolute Gasteiger partial charge is 0.234 e. The topological polar surface area (TPSA) is 78.7 Å². The summed E-state index contributed by atoms with van der Waals surface area (Å²) >= 11 is 0. The van der Waals surface area contributed by atoms with Gasteiger partial charge < -0.3 is 16.0 Å². The van der Waals surface area contributed by atoms with Gasteiger partial charge in [0.05, 0.1) is 6.54 Å². The maximum atomic E-state index is 11.9. The first-order chi connectivity index (χ1) is 8.58. The van der Waals surface area contributed by atoms with Crippen LogP contribution in [0.25, 0.3) is 0 Å². The molecule has 3 N–H and O–H groups in total. The second-order valence-corrected chi connectivity index (χ2v) is 4.69. The summed E-state index contributed by atoms with van der Waals surface area (Å²) in [7, 11) is 0. The van der Waals surface area contributed by atoms with Crippen molar-refractivity contribution in [1.82, 2.24) is 15.1 Å². The molecule has 1 aliphatic rings. The van der Waals surface area contributed by atoms with Crippen LogP contribution in [0.4, 0.5) is 0 Å². The Hall–Kier alpha value is -1.14. The molecule has 1 unspecified atom stereocenters. The standard InChI is InChI=1S/C12H24N4O2/c1-3-14-11(17)9-15-4-6-16(7-5-15)12(18)10(2)8-13/h10H,3-9,13H2,1-2H3,(H,14,17). The van der Waals surface area contributed by atoms with Crippen molar-refractivity contribution in [2.45, 2.75) is 13.8 Å². The number of carbonyl (C=O) groups excluding carboxylic acids is 2. The van der Waals surface area contributed by atoms with Crippen molar-refractivity contribution in [3.8, 4) is 0 Å². The Morgan fingerprint density at radius 3 is 2.39 bits per heavy atom. The lowest BCUT2D eigenvalue weighted by Crippen LogP contribution is -2.52. The fraction of sp³-hybridized carbons (Fsp3) is 0.833. The van der Waals surface area contributed by atoms with Crippen molar-refractivity contribution in [3.63, 3.8) is 0 Å². The van der Waals surface area contributed by atoms with E-state index in [2.05, 4.69) is 10.2 Å². The van der Waals surface area contributed by atoms with Crippen LogP contribution in [0, 0.1) is 5.92 Å². The minimum atomic E-state index is -0.111. The Kier molecular flexibility index (Phi) is 6.07. The van der Waals surface area contributed by atoms with Gasteiger partial charge in [-0.3, -0.25) is 14.5 Å². The van der Waals surface area contributed by atoms with Crippen LogP contribution in [0.5, 0.6) is 0 Å². The zero-order valence-corrected chi connectivity index (χ0v) is 11.3. The molecule has 0 radical (unpaired) electrons. The lowest BCUT2D eigenvalue weighted by atomic mass is 10.1. The van der Waals surface area contributed by atoms with E-state index in [9.17, 15) is 9.59 Å². The average Bonchev–Trinajstić information content (AvgIpc) is 2.38. The van der Waals surface area contributed by atoms with Crippen molar-refractivity contribution >= 4 is 11.8 Å². The molecule has 6 heteroatoms. The molecule has 18 heavy (non-hydrogen) atoms. The highest BCUT2D eigenvalue weighted by Crippen LogP contribution is 2.06. The van der Waals surface area contributed by atoms with Crippen molar-refractivity contribution in [1.29, 1.82) is 0 Å². The van der Waals surface area contributed by atoms with Gasteiger partial charge in [0.25, 0.3) is 0 Å². The summed E-state index contributed by atoms with van der Waals surface area (Å²) < 4.78 is 0. The van der Waals surface area contributed by atoms with Crippen LogP contribution in [0.2, 0.25) is 0 Å². The van der Waals surface area contributed by atoms with Crippen LogP contribution in [0.15, 0.2) is 0 Å². The van der Waals surface area contributed by atoms with Crippen molar-refractivity contribution in [3.05, 3.63) is 0 Å². The second kappa shape index (κ2) is 7.33. The highest BCUT2D eigenvalue weighted by Gasteiger charge is 2.24. The first-order valence-corrected chi connectivity index (χ1v) is 6.56. The molecular formula is C12H24N4O2. The van der Waals surface area contributed by atoms with Gasteiger partial charge >= 0.3 is 0 Å². The molecule has 0 aromatic carbocycles. The van der Waals surface area contributed by atoms with Gasteiger partial charge in [-0.05, 0) is 6.92 Å². The van der Waals surface area contributed by atoms with Gasteiger partial charge in [-0.15, -0.1) is 0 Å². The lowest BCUT2D eigenvalue weighted by molar-refractivity contribution is -0.136. The number of nitrogens with one attached hydrogen (secondary N) is 1. The summed E-state index contributed by atoms with van der Waals surface area (Å²) in [5.74, 6) is 0.0581. The third kappa shape index (κ3) is 4.27. The van der Waals surface area contributed by atoms with Gasteiger partial charge in [-0.25, -0.2) is 0 Å². The number of carbonyl (C=O) groups is 2. The summed E-state index contributed by atoms with van der Waals surface area (Å²) in [4.78, 5) is 27.3. The number of nitrogens with two attached hydrogens (primary N) is 1. The van der Waals surface area contributed by atoms with E-state index in [0.717, 1.165) is 13.1 Å². The molecule has 0 aromatic rings. The third-order valence-electron chi connectivity index (χ3n) is 3.20. The zero-order valence-electron chi connectivity index (χ0n) is 11.3. The molecule has 0 aromatic heterocycles. The van der Waals surface area contributed by atoms with Crippen LogP contribution in [-0.4, -0.2) is 67.4 Å². The molecule has 0 aliphatic carbocycles. The molecular weight excluding hydrogens is 232 g/mol. The third-order valence-corrected chi connectivity index (χ3v) is 3.20. The Labute approximate surface area is 108 Å². The normalized spacial score (nSPS) is 18.5. The van der Waals surface area contributed by atoms with Crippen molar-refractivity contribution < 1.29 is 9.59 Å². The molecule has 6 nitrogen and oxygen atoms in total. The Morgan fingerprint density at radius 1 is 1.28 bits per heavy atom. The van der Waals surface area contributed by atoms with Crippen LogP contribution >= 0.6 is 0 Å². The van der Waals surface area contributed by atoms with Crippen molar-refractivity contribution in [2.75, 3.05) is 45.8 Å². The van der Waals surface area contributed by atoms with E-state index in [1.165, 1.54) is 0 Å². The summed E-state index contributed by atoms with van der Waals surface area (Å²) in [6, 6.07) is 0. The van der Waals surface area contributed by atoms with E-state index in [1.807, 2.05) is 18.7 Å². The van der Waals surface area contributed by atoms with Gasteiger partial charge in [-0.2, -0.15) is 0 Å². The first-order valence-electron chi connectivity index (χ1n) is 6.56. The molecule has 0 bridgehead atoms. The number of rotatable bonds is 5. The van der Waals surface area contributed by atoms with Crippen LogP contribution in [0.3, 0.4) is 0 Å². The molecule has 1 aliphatic heterocycles. The van der Waals surface area contributed by atoms with Gasteiger partial charge in [-0.1, -0.05) is 6.92 Å². The highest BCUT2D eigenvalue weighted by molar-refractivity contribution is 5.79. The molecule has 1 saturated heterocycles. The highest BCUT2D eigenvalue weighted by atomic mass is 16.2. The molecule has 1 heterocycles. The molecule has 1 fully saturated rings. The van der Waals surface area contributed by atoms with Crippen LogP contribution in [0.1, 0.15) is 13.8 Å². The number of piperazine rings is 1. The lowest BCUT2D eigenvalue weighted by Gasteiger charge is -2.35. The molecule has 1 rings (SSSR count). The van der Waals surface area contributed by atoms with Gasteiger partial charge in [0.1, 0.15) is 0 Å². The van der Waals surface area contributed by atoms with E-state index >= 15 is 0 Å². The summed E-state index contributed by atoms with van der Waals surface area (Å²) in [6.07, 6.45) is 0. The first kappa shape index (κ1) is 14.9. The fourth-order valence-corrected chi connectivity index (χ4v) is 2.00. The van der Waals surface area contributed by atoms with E-state index in [1.54, 1.807) is 0 Å². The van der Waals surface area contributed by atoms with Gasteiger partial charge in [0.2, 0.25) is 11.8 Å². The molecule has 0 spiro atoms. The van der Waals surface area contributed by atoms with Crippen LogP contribution in [-0.2, 0) is 9.59 Å². The number of hydrogen-bond acceptors (Lipinski definition) is 4. The number of amides is 2. The molecule has 2 amide bonds. The van der Waals surface area contributed by atoms with E-state index in [-0.39, 0.29) is 17.7 Å². The van der Waals surface area contributed by atoms with E-state index in [0.29, 0.717) is 32.7 Å². The predicted octanol–water partition coefficient (Wildman–Crippen LogP) is -1.14. The molecule has 0 saturated carbocycles. The maximum Gasteiger partial charge on any atom is 0.234 e. The zero-order chi connectivity index (χ0) is 13.5. The van der Waals surface area contributed by atoms with Crippen molar-refractivity contribution in [2.24, 2.45) is 11.7 Å². The summed E-state index contributed by atoms with van der Waals surface area (Å²) in [5.41, 5.74) is 5.50.